The van der Waals surface area contributed by atoms with Crippen LogP contribution in [0.25, 0.3) is 11.0 Å². The second kappa shape index (κ2) is 5.64. The Morgan fingerprint density at radius 1 is 1.25 bits per heavy atom. The van der Waals surface area contributed by atoms with E-state index in [2.05, 4.69) is 45.4 Å². The second-order valence-electron chi connectivity index (χ2n) is 4.70. The number of aryl methyl sites for hydroxylation is 1. The van der Waals surface area contributed by atoms with Crippen LogP contribution < -0.4 is 5.32 Å². The Hall–Kier alpha value is -1.85. The number of pyridine rings is 1. The molecule has 0 unspecified atom stereocenters. The number of H-pyrrole nitrogens is 1. The molecule has 0 atom stereocenters. The summed E-state index contributed by atoms with van der Waals surface area (Å²) in [6.45, 7) is 2.91. The molecule has 2 aromatic heterocycles. The molecule has 0 spiro atoms. The zero-order valence-corrected chi connectivity index (χ0v) is 12.3. The second-order valence-corrected chi connectivity index (χ2v) is 5.71. The number of nitrogens with one attached hydrogen (secondary N) is 2. The van der Waals surface area contributed by atoms with Crippen LogP contribution in [0.2, 0.25) is 0 Å². The molecule has 3 rings (SSSR count). The lowest BCUT2D eigenvalue weighted by Gasteiger charge is -2.00. The summed E-state index contributed by atoms with van der Waals surface area (Å²) in [5.41, 5.74) is 4.47. The molecule has 0 amide bonds. The van der Waals surface area contributed by atoms with Crippen LogP contribution in [-0.4, -0.2) is 22.0 Å². The Labute approximate surface area is 122 Å². The summed E-state index contributed by atoms with van der Waals surface area (Å²) in [7, 11) is 1.93. The van der Waals surface area contributed by atoms with Crippen LogP contribution in [0.5, 0.6) is 0 Å². The molecule has 4 nitrogen and oxygen atoms in total. The first kappa shape index (κ1) is 13.1. The number of rotatable bonds is 4. The third-order valence-electron chi connectivity index (χ3n) is 3.00. The summed E-state index contributed by atoms with van der Waals surface area (Å²) < 4.78 is 0. The van der Waals surface area contributed by atoms with Crippen molar-refractivity contribution in [3.8, 4) is 0 Å². The van der Waals surface area contributed by atoms with Crippen LogP contribution in [0.15, 0.2) is 46.7 Å². The van der Waals surface area contributed by atoms with Gasteiger partial charge < -0.3 is 10.3 Å². The largest absolute Gasteiger partial charge is 0.333 e. The fourth-order valence-electron chi connectivity index (χ4n) is 2.03. The average molecular weight is 284 g/mol. The van der Waals surface area contributed by atoms with Gasteiger partial charge in [-0.3, -0.25) is 0 Å². The van der Waals surface area contributed by atoms with Gasteiger partial charge in [0.25, 0.3) is 0 Å². The topological polar surface area (TPSA) is 53.6 Å². The minimum Gasteiger partial charge on any atom is -0.333 e. The van der Waals surface area contributed by atoms with E-state index in [1.807, 2.05) is 25.4 Å². The smallest absolute Gasteiger partial charge is 0.172 e. The molecule has 3 aromatic rings. The fraction of sp³-hybridized carbons (Fsp3) is 0.200. The van der Waals surface area contributed by atoms with E-state index in [0.717, 1.165) is 27.8 Å². The molecule has 0 aliphatic carbocycles. The molecular weight excluding hydrogens is 268 g/mol. The summed E-state index contributed by atoms with van der Waals surface area (Å²) in [6, 6.07) is 10.3. The highest BCUT2D eigenvalue weighted by atomic mass is 32.2. The monoisotopic (exact) mass is 284 g/mol. The molecule has 0 aliphatic heterocycles. The average Bonchev–Trinajstić information content (AvgIpc) is 2.82. The number of imidazole rings is 1. The summed E-state index contributed by atoms with van der Waals surface area (Å²) in [5.74, 6) is 0. The van der Waals surface area contributed by atoms with Crippen molar-refractivity contribution in [1.82, 2.24) is 20.3 Å². The van der Waals surface area contributed by atoms with Crippen molar-refractivity contribution in [2.24, 2.45) is 0 Å². The Balaban J connectivity index is 1.81. The van der Waals surface area contributed by atoms with Crippen LogP contribution in [0.1, 0.15) is 11.1 Å². The third-order valence-corrected chi connectivity index (χ3v) is 3.83. The molecule has 0 bridgehead atoms. The summed E-state index contributed by atoms with van der Waals surface area (Å²) in [4.78, 5) is 12.3. The molecule has 2 heterocycles. The van der Waals surface area contributed by atoms with Crippen molar-refractivity contribution in [3.05, 3.63) is 47.7 Å². The zero-order valence-electron chi connectivity index (χ0n) is 11.5. The minimum atomic E-state index is 0.835. The molecule has 2 N–H and O–H groups in total. The Kier molecular flexibility index (Phi) is 3.71. The predicted octanol–water partition coefficient (Wildman–Crippen LogP) is 3.14. The van der Waals surface area contributed by atoms with Crippen molar-refractivity contribution >= 4 is 22.8 Å². The van der Waals surface area contributed by atoms with Crippen LogP contribution in [-0.2, 0) is 6.54 Å². The van der Waals surface area contributed by atoms with Crippen LogP contribution in [0.3, 0.4) is 0 Å². The Morgan fingerprint density at radius 2 is 2.15 bits per heavy atom. The summed E-state index contributed by atoms with van der Waals surface area (Å²) in [6.07, 6.45) is 1.89. The van der Waals surface area contributed by atoms with E-state index >= 15 is 0 Å². The van der Waals surface area contributed by atoms with E-state index < -0.39 is 0 Å². The van der Waals surface area contributed by atoms with Crippen LogP contribution >= 0.6 is 11.8 Å². The molecule has 0 saturated carbocycles. The SMILES string of the molecule is CNCc1ccc(Sc2nc3ccc(C)cc3[nH]2)nc1. The number of aromatic amines is 1. The first-order valence-corrected chi connectivity index (χ1v) is 7.30. The van der Waals surface area contributed by atoms with Gasteiger partial charge in [0.05, 0.1) is 11.0 Å². The van der Waals surface area contributed by atoms with Gasteiger partial charge in [-0.2, -0.15) is 0 Å². The van der Waals surface area contributed by atoms with Gasteiger partial charge >= 0.3 is 0 Å². The normalized spacial score (nSPS) is 11.1. The standard InChI is InChI=1S/C15H16N4S/c1-10-3-5-12-13(7-10)19-15(18-12)20-14-6-4-11(8-16-2)9-17-14/h3-7,9,16H,8H2,1-2H3,(H,18,19). The molecule has 20 heavy (non-hydrogen) atoms. The highest BCUT2D eigenvalue weighted by Gasteiger charge is 2.05. The van der Waals surface area contributed by atoms with E-state index in [1.54, 1.807) is 11.8 Å². The molecular formula is C15H16N4S. The predicted molar refractivity (Wildman–Crippen MR) is 82.0 cm³/mol. The zero-order chi connectivity index (χ0) is 13.9. The molecule has 102 valence electrons. The Morgan fingerprint density at radius 3 is 2.90 bits per heavy atom. The van der Waals surface area contributed by atoms with Crippen molar-refractivity contribution in [1.29, 1.82) is 0 Å². The fourth-order valence-corrected chi connectivity index (χ4v) is 2.77. The van der Waals surface area contributed by atoms with Crippen molar-refractivity contribution in [3.63, 3.8) is 0 Å². The highest BCUT2D eigenvalue weighted by molar-refractivity contribution is 7.99. The Bertz CT molecular complexity index is 718. The minimum absolute atomic E-state index is 0.835. The van der Waals surface area contributed by atoms with E-state index in [9.17, 15) is 0 Å². The van der Waals surface area contributed by atoms with Crippen molar-refractivity contribution in [2.75, 3.05) is 7.05 Å². The number of hydrogen-bond acceptors (Lipinski definition) is 4. The third kappa shape index (κ3) is 2.84. The van der Waals surface area contributed by atoms with Gasteiger partial charge in [-0.15, -0.1) is 0 Å². The number of hydrogen-bond donors (Lipinski definition) is 2. The van der Waals surface area contributed by atoms with Crippen LogP contribution in [0, 0.1) is 6.92 Å². The van der Waals surface area contributed by atoms with Gasteiger partial charge in [0.1, 0.15) is 5.03 Å². The van der Waals surface area contributed by atoms with E-state index in [4.69, 9.17) is 0 Å². The lowest BCUT2D eigenvalue weighted by Crippen LogP contribution is -2.05. The maximum Gasteiger partial charge on any atom is 0.172 e. The molecule has 0 saturated heterocycles. The highest BCUT2D eigenvalue weighted by Crippen LogP contribution is 2.26. The van der Waals surface area contributed by atoms with Gasteiger partial charge in [-0.05, 0) is 55.1 Å². The molecule has 1 aromatic carbocycles. The molecule has 0 radical (unpaired) electrons. The van der Waals surface area contributed by atoms with E-state index in [0.29, 0.717) is 0 Å². The van der Waals surface area contributed by atoms with Gasteiger partial charge in [-0.1, -0.05) is 12.1 Å². The summed E-state index contributed by atoms with van der Waals surface area (Å²) in [5, 5.41) is 4.93. The van der Waals surface area contributed by atoms with E-state index in [1.165, 1.54) is 11.1 Å². The number of benzene rings is 1. The first-order chi connectivity index (χ1) is 9.74. The quantitative estimate of drug-likeness (QED) is 0.773. The maximum absolute atomic E-state index is 4.56. The number of aromatic nitrogens is 3. The number of nitrogens with zero attached hydrogens (tertiary/aromatic N) is 2. The van der Waals surface area contributed by atoms with Crippen LogP contribution in [0.4, 0.5) is 0 Å². The molecule has 5 heteroatoms. The first-order valence-electron chi connectivity index (χ1n) is 6.48. The van der Waals surface area contributed by atoms with E-state index in [-0.39, 0.29) is 0 Å². The van der Waals surface area contributed by atoms with Gasteiger partial charge in [0.15, 0.2) is 5.16 Å². The lowest BCUT2D eigenvalue weighted by molar-refractivity contribution is 0.809. The van der Waals surface area contributed by atoms with Crippen molar-refractivity contribution in [2.45, 2.75) is 23.7 Å². The number of fused-ring (bicyclic) bond motifs is 1. The van der Waals surface area contributed by atoms with Crippen molar-refractivity contribution < 1.29 is 0 Å². The van der Waals surface area contributed by atoms with Gasteiger partial charge in [0.2, 0.25) is 0 Å². The molecule has 0 fully saturated rings. The maximum atomic E-state index is 4.56. The summed E-state index contributed by atoms with van der Waals surface area (Å²) >= 11 is 1.55. The van der Waals surface area contributed by atoms with Gasteiger partial charge in [-0.25, -0.2) is 9.97 Å². The van der Waals surface area contributed by atoms with Gasteiger partial charge in [0, 0.05) is 12.7 Å². The molecule has 0 aliphatic rings. The lowest BCUT2D eigenvalue weighted by atomic mass is 10.2.